The molecule has 0 spiro atoms. The van der Waals surface area contributed by atoms with E-state index in [0.717, 1.165) is 38.2 Å². The lowest BCUT2D eigenvalue weighted by Gasteiger charge is -2.35. The van der Waals surface area contributed by atoms with E-state index < -0.39 is 6.36 Å². The van der Waals surface area contributed by atoms with Crippen LogP contribution in [0.3, 0.4) is 0 Å². The van der Waals surface area contributed by atoms with Crippen LogP contribution in [0.1, 0.15) is 24.9 Å². The van der Waals surface area contributed by atoms with Gasteiger partial charge in [0.25, 0.3) is 0 Å². The molecule has 7 heteroatoms. The molecule has 0 saturated carbocycles. The molecule has 1 aliphatic rings. The van der Waals surface area contributed by atoms with Gasteiger partial charge >= 0.3 is 6.36 Å². The van der Waals surface area contributed by atoms with E-state index in [4.69, 9.17) is 4.74 Å². The number of nitrogens with one attached hydrogen (secondary N) is 1. The van der Waals surface area contributed by atoms with Crippen LogP contribution in [0.25, 0.3) is 0 Å². The van der Waals surface area contributed by atoms with Crippen molar-refractivity contribution < 1.29 is 22.6 Å². The van der Waals surface area contributed by atoms with E-state index in [1.807, 2.05) is 0 Å². The first-order chi connectivity index (χ1) is 10.4. The SMILES string of the molecule is CC[C@@H](c1ccc(OC(F)(F)F)cc1OC)N1CCNCC1. The van der Waals surface area contributed by atoms with Gasteiger partial charge in [0.15, 0.2) is 0 Å². The fraction of sp³-hybridized carbons (Fsp3) is 0.600. The molecule has 0 aliphatic carbocycles. The molecule has 1 aromatic carbocycles. The summed E-state index contributed by atoms with van der Waals surface area (Å²) in [4.78, 5) is 2.32. The number of alkyl halides is 3. The van der Waals surface area contributed by atoms with Crippen LogP contribution >= 0.6 is 0 Å². The highest BCUT2D eigenvalue weighted by molar-refractivity contribution is 5.42. The standard InChI is InChI=1S/C15H21F3N2O2/c1-3-13(20-8-6-19-7-9-20)12-5-4-11(10-14(12)21-2)22-15(16,17)18/h4-5,10,13,19H,3,6-9H2,1-2H3/t13-/m0/s1. The van der Waals surface area contributed by atoms with Gasteiger partial charge in [0.1, 0.15) is 11.5 Å². The van der Waals surface area contributed by atoms with Crippen LogP contribution in [0.5, 0.6) is 11.5 Å². The number of rotatable bonds is 5. The van der Waals surface area contributed by atoms with Crippen LogP contribution in [-0.4, -0.2) is 44.6 Å². The Kier molecular flexibility index (Phi) is 5.52. The molecule has 1 aliphatic heterocycles. The highest BCUT2D eigenvalue weighted by Crippen LogP contribution is 2.36. The van der Waals surface area contributed by atoms with Crippen molar-refractivity contribution in [3.63, 3.8) is 0 Å². The van der Waals surface area contributed by atoms with Crippen molar-refractivity contribution in [2.45, 2.75) is 25.7 Å². The van der Waals surface area contributed by atoms with Crippen LogP contribution in [0.2, 0.25) is 0 Å². The van der Waals surface area contributed by atoms with Gasteiger partial charge in [-0.15, -0.1) is 13.2 Å². The lowest BCUT2D eigenvalue weighted by Crippen LogP contribution is -2.45. The Morgan fingerprint density at radius 2 is 1.95 bits per heavy atom. The smallest absolute Gasteiger partial charge is 0.496 e. The predicted octanol–water partition coefficient (Wildman–Crippen LogP) is 2.95. The molecule has 22 heavy (non-hydrogen) atoms. The molecule has 124 valence electrons. The average Bonchev–Trinajstić information content (AvgIpc) is 2.48. The number of piperazine rings is 1. The fourth-order valence-corrected chi connectivity index (χ4v) is 2.83. The highest BCUT2D eigenvalue weighted by Gasteiger charge is 2.32. The first kappa shape index (κ1) is 16.9. The summed E-state index contributed by atoms with van der Waals surface area (Å²) in [5.74, 6) is 0.162. The van der Waals surface area contributed by atoms with Crippen LogP contribution in [0.4, 0.5) is 13.2 Å². The molecule has 1 heterocycles. The largest absolute Gasteiger partial charge is 0.573 e. The topological polar surface area (TPSA) is 33.7 Å². The Labute approximate surface area is 128 Å². The molecule has 2 rings (SSSR count). The second-order valence-corrected chi connectivity index (χ2v) is 5.16. The Bertz CT molecular complexity index is 488. The van der Waals surface area contributed by atoms with Gasteiger partial charge in [0, 0.05) is 43.9 Å². The zero-order valence-corrected chi connectivity index (χ0v) is 12.7. The van der Waals surface area contributed by atoms with Crippen LogP contribution in [0, 0.1) is 0 Å². The molecule has 0 amide bonds. The second kappa shape index (κ2) is 7.19. The third-order valence-electron chi connectivity index (χ3n) is 3.78. The minimum Gasteiger partial charge on any atom is -0.496 e. The maximum absolute atomic E-state index is 12.3. The molecule has 1 saturated heterocycles. The Balaban J connectivity index is 2.24. The molecule has 0 bridgehead atoms. The fourth-order valence-electron chi connectivity index (χ4n) is 2.83. The summed E-state index contributed by atoms with van der Waals surface area (Å²) in [6, 6.07) is 4.43. The zero-order chi connectivity index (χ0) is 16.2. The molecule has 1 aromatic rings. The van der Waals surface area contributed by atoms with Crippen molar-refractivity contribution in [2.75, 3.05) is 33.3 Å². The summed E-state index contributed by atoms with van der Waals surface area (Å²) in [6.07, 6.45) is -3.84. The van der Waals surface area contributed by atoms with Gasteiger partial charge < -0.3 is 14.8 Å². The van der Waals surface area contributed by atoms with E-state index in [2.05, 4.69) is 21.9 Å². The molecule has 1 atom stereocenters. The molecule has 4 nitrogen and oxygen atoms in total. The average molecular weight is 318 g/mol. The monoisotopic (exact) mass is 318 g/mol. The molecular formula is C15H21F3N2O2. The van der Waals surface area contributed by atoms with E-state index in [9.17, 15) is 13.2 Å². The van der Waals surface area contributed by atoms with E-state index in [1.165, 1.54) is 19.2 Å². The summed E-state index contributed by atoms with van der Waals surface area (Å²) in [6.45, 7) is 5.69. The molecule has 0 radical (unpaired) electrons. The minimum atomic E-state index is -4.70. The maximum Gasteiger partial charge on any atom is 0.573 e. The van der Waals surface area contributed by atoms with E-state index in [1.54, 1.807) is 6.07 Å². The van der Waals surface area contributed by atoms with Gasteiger partial charge in [0.2, 0.25) is 0 Å². The summed E-state index contributed by atoms with van der Waals surface area (Å²) >= 11 is 0. The summed E-state index contributed by atoms with van der Waals surface area (Å²) in [7, 11) is 1.46. The van der Waals surface area contributed by atoms with Crippen molar-refractivity contribution in [1.82, 2.24) is 10.2 Å². The van der Waals surface area contributed by atoms with E-state index >= 15 is 0 Å². The first-order valence-corrected chi connectivity index (χ1v) is 7.33. The van der Waals surface area contributed by atoms with E-state index in [-0.39, 0.29) is 11.8 Å². The maximum atomic E-state index is 12.3. The molecule has 1 fully saturated rings. The number of benzene rings is 1. The molecule has 0 aromatic heterocycles. The third kappa shape index (κ3) is 4.27. The van der Waals surface area contributed by atoms with E-state index in [0.29, 0.717) is 5.75 Å². The van der Waals surface area contributed by atoms with Crippen LogP contribution in [0.15, 0.2) is 18.2 Å². The Morgan fingerprint density at radius 1 is 1.27 bits per heavy atom. The summed E-state index contributed by atoms with van der Waals surface area (Å²) in [5, 5.41) is 3.29. The number of halogens is 3. The second-order valence-electron chi connectivity index (χ2n) is 5.16. The lowest BCUT2D eigenvalue weighted by atomic mass is 10.0. The normalized spacial score (nSPS) is 18.0. The van der Waals surface area contributed by atoms with Crippen molar-refractivity contribution in [3.05, 3.63) is 23.8 Å². The molecule has 0 unspecified atom stereocenters. The van der Waals surface area contributed by atoms with Gasteiger partial charge in [-0.25, -0.2) is 0 Å². The first-order valence-electron chi connectivity index (χ1n) is 7.33. The van der Waals surface area contributed by atoms with Gasteiger partial charge in [-0.3, -0.25) is 4.90 Å². The minimum absolute atomic E-state index is 0.122. The van der Waals surface area contributed by atoms with Crippen molar-refractivity contribution in [3.8, 4) is 11.5 Å². The number of nitrogens with zero attached hydrogens (tertiary/aromatic N) is 1. The van der Waals surface area contributed by atoms with Gasteiger partial charge in [-0.1, -0.05) is 13.0 Å². The van der Waals surface area contributed by atoms with Gasteiger partial charge in [-0.2, -0.15) is 0 Å². The van der Waals surface area contributed by atoms with Crippen molar-refractivity contribution in [2.24, 2.45) is 0 Å². The molecular weight excluding hydrogens is 297 g/mol. The number of hydrogen-bond acceptors (Lipinski definition) is 4. The Morgan fingerprint density at radius 3 is 2.50 bits per heavy atom. The number of ether oxygens (including phenoxy) is 2. The summed E-state index contributed by atoms with van der Waals surface area (Å²) < 4.78 is 46.2. The quantitative estimate of drug-likeness (QED) is 0.905. The molecule has 1 N–H and O–H groups in total. The summed E-state index contributed by atoms with van der Waals surface area (Å²) in [5.41, 5.74) is 0.890. The number of methoxy groups -OCH3 is 1. The highest BCUT2D eigenvalue weighted by atomic mass is 19.4. The van der Waals surface area contributed by atoms with Crippen LogP contribution < -0.4 is 14.8 Å². The predicted molar refractivity (Wildman–Crippen MR) is 77.2 cm³/mol. The lowest BCUT2D eigenvalue weighted by molar-refractivity contribution is -0.274. The third-order valence-corrected chi connectivity index (χ3v) is 3.78. The van der Waals surface area contributed by atoms with Gasteiger partial charge in [0.05, 0.1) is 7.11 Å². The van der Waals surface area contributed by atoms with Crippen LogP contribution in [-0.2, 0) is 0 Å². The zero-order valence-electron chi connectivity index (χ0n) is 12.7. The van der Waals surface area contributed by atoms with Crippen molar-refractivity contribution >= 4 is 0 Å². The van der Waals surface area contributed by atoms with Gasteiger partial charge in [-0.05, 0) is 12.5 Å². The number of hydrogen-bond donors (Lipinski definition) is 1. The Hall–Kier alpha value is -1.47. The van der Waals surface area contributed by atoms with Crippen molar-refractivity contribution in [1.29, 1.82) is 0 Å².